The largest absolute Gasteiger partial charge is 0.370 e. The summed E-state index contributed by atoms with van der Waals surface area (Å²) in [4.78, 5) is 18.5. The van der Waals surface area contributed by atoms with E-state index in [1.165, 1.54) is 0 Å². The fourth-order valence-electron chi connectivity index (χ4n) is 0.837. The molecule has 0 aliphatic carbocycles. The third-order valence-corrected chi connectivity index (χ3v) is 1.34. The first-order valence-corrected chi connectivity index (χ1v) is 3.67. The molecule has 0 atom stereocenters. The quantitative estimate of drug-likeness (QED) is 0.460. The number of nitrogens with two attached hydrogens (primary N) is 2. The Morgan fingerprint density at radius 3 is 2.69 bits per heavy atom. The van der Waals surface area contributed by atoms with Crippen LogP contribution in [-0.2, 0) is 0 Å². The number of carbonyl (C=O) groups is 1. The Kier molecular flexibility index (Phi) is 2.59. The van der Waals surface area contributed by atoms with Gasteiger partial charge in [-0.25, -0.2) is 4.98 Å². The van der Waals surface area contributed by atoms with Gasteiger partial charge in [0, 0.05) is 5.69 Å². The summed E-state index contributed by atoms with van der Waals surface area (Å²) in [5.41, 5.74) is 11.1. The fraction of sp³-hybridized carbons (Fsp3) is 0.125. The highest BCUT2D eigenvalue weighted by atomic mass is 16.1. The van der Waals surface area contributed by atoms with Gasteiger partial charge >= 0.3 is 0 Å². The number of aromatic nitrogens is 1. The number of amides is 1. The predicted molar refractivity (Wildman–Crippen MR) is 49.1 cm³/mol. The van der Waals surface area contributed by atoms with E-state index < -0.39 is 5.91 Å². The maximum absolute atomic E-state index is 11.2. The zero-order valence-electron chi connectivity index (χ0n) is 7.19. The normalized spacial score (nSPS) is 9.31. The van der Waals surface area contributed by atoms with Gasteiger partial charge in [0.2, 0.25) is 0 Å². The fourth-order valence-corrected chi connectivity index (χ4v) is 0.837. The molecule has 0 aliphatic heterocycles. The first-order valence-electron chi connectivity index (χ1n) is 3.67. The molecule has 0 saturated carbocycles. The van der Waals surface area contributed by atoms with E-state index in [0.29, 0.717) is 0 Å². The van der Waals surface area contributed by atoms with E-state index in [9.17, 15) is 4.79 Å². The third-order valence-electron chi connectivity index (χ3n) is 1.34. The Morgan fingerprint density at radius 1 is 1.46 bits per heavy atom. The minimum atomic E-state index is -0.524. The van der Waals surface area contributed by atoms with Gasteiger partial charge in [0.15, 0.2) is 5.96 Å². The molecule has 5 nitrogen and oxygen atoms in total. The summed E-state index contributed by atoms with van der Waals surface area (Å²) in [6, 6.07) is 5.06. The molecule has 1 rings (SSSR count). The van der Waals surface area contributed by atoms with Gasteiger partial charge in [-0.15, -0.1) is 0 Å². The average molecular weight is 178 g/mol. The van der Waals surface area contributed by atoms with Crippen LogP contribution in [0.2, 0.25) is 0 Å². The monoisotopic (exact) mass is 178 g/mol. The molecule has 0 bridgehead atoms. The lowest BCUT2D eigenvalue weighted by Gasteiger charge is -1.96. The van der Waals surface area contributed by atoms with Gasteiger partial charge in [0.05, 0.1) is 0 Å². The van der Waals surface area contributed by atoms with Gasteiger partial charge in [0.25, 0.3) is 5.91 Å². The molecule has 1 heterocycles. The van der Waals surface area contributed by atoms with Crippen LogP contribution in [0.5, 0.6) is 0 Å². The Hall–Kier alpha value is -1.91. The standard InChI is InChI=1S/C8H10N4O/c1-5-3-2-4-6(11-5)7(13)12-8(9)10/h2-4H,1H3,(H4,9,10,12,13). The third kappa shape index (κ3) is 2.55. The van der Waals surface area contributed by atoms with Crippen molar-refractivity contribution in [2.75, 3.05) is 0 Å². The molecule has 0 aliphatic rings. The highest BCUT2D eigenvalue weighted by Gasteiger charge is 2.04. The zero-order chi connectivity index (χ0) is 9.84. The molecule has 1 aromatic heterocycles. The number of pyridine rings is 1. The lowest BCUT2D eigenvalue weighted by atomic mass is 10.3. The smallest absolute Gasteiger partial charge is 0.298 e. The van der Waals surface area contributed by atoms with Gasteiger partial charge in [-0.3, -0.25) is 4.79 Å². The molecule has 0 aromatic carbocycles. The Balaban J connectivity index is 2.96. The first kappa shape index (κ1) is 9.18. The summed E-state index contributed by atoms with van der Waals surface area (Å²) in [5.74, 6) is -0.781. The Morgan fingerprint density at radius 2 is 2.15 bits per heavy atom. The molecule has 68 valence electrons. The number of aliphatic imine (C=N–C) groups is 1. The van der Waals surface area contributed by atoms with Crippen LogP contribution in [0.25, 0.3) is 0 Å². The van der Waals surface area contributed by atoms with Gasteiger partial charge in [-0.05, 0) is 19.1 Å². The van der Waals surface area contributed by atoms with E-state index in [2.05, 4.69) is 9.98 Å². The summed E-state index contributed by atoms with van der Waals surface area (Å²) in [5, 5.41) is 0. The molecule has 5 heteroatoms. The predicted octanol–water partition coefficient (Wildman–Crippen LogP) is -0.196. The molecule has 0 unspecified atom stereocenters. The molecule has 0 radical (unpaired) electrons. The van der Waals surface area contributed by atoms with E-state index >= 15 is 0 Å². The summed E-state index contributed by atoms with van der Waals surface area (Å²) in [6.45, 7) is 1.78. The zero-order valence-corrected chi connectivity index (χ0v) is 7.19. The van der Waals surface area contributed by atoms with Crippen molar-refractivity contribution >= 4 is 11.9 Å². The van der Waals surface area contributed by atoms with Crippen LogP contribution >= 0.6 is 0 Å². The molecular weight excluding hydrogens is 168 g/mol. The van der Waals surface area contributed by atoms with E-state index in [0.717, 1.165) is 5.69 Å². The molecule has 1 amide bonds. The summed E-state index contributed by atoms with van der Waals surface area (Å²) in [6.07, 6.45) is 0. The van der Waals surface area contributed by atoms with Gasteiger partial charge < -0.3 is 11.5 Å². The highest BCUT2D eigenvalue weighted by Crippen LogP contribution is 1.99. The molecule has 13 heavy (non-hydrogen) atoms. The van der Waals surface area contributed by atoms with Crippen molar-refractivity contribution < 1.29 is 4.79 Å². The number of guanidine groups is 1. The van der Waals surface area contributed by atoms with Crippen LogP contribution < -0.4 is 11.5 Å². The minimum absolute atomic E-state index is 0.244. The van der Waals surface area contributed by atoms with Crippen LogP contribution in [0.15, 0.2) is 23.2 Å². The minimum Gasteiger partial charge on any atom is -0.370 e. The molecule has 1 aromatic rings. The van der Waals surface area contributed by atoms with E-state index in [4.69, 9.17) is 11.5 Å². The van der Waals surface area contributed by atoms with E-state index in [1.807, 2.05) is 0 Å². The van der Waals surface area contributed by atoms with Gasteiger partial charge in [-0.1, -0.05) is 6.07 Å². The van der Waals surface area contributed by atoms with Crippen molar-refractivity contribution in [3.8, 4) is 0 Å². The van der Waals surface area contributed by atoms with Gasteiger partial charge in [-0.2, -0.15) is 4.99 Å². The summed E-state index contributed by atoms with van der Waals surface area (Å²) in [7, 11) is 0. The topological polar surface area (TPSA) is 94.4 Å². The second-order valence-electron chi connectivity index (χ2n) is 2.51. The van der Waals surface area contributed by atoms with Crippen molar-refractivity contribution in [1.82, 2.24) is 4.98 Å². The van der Waals surface area contributed by atoms with Crippen molar-refractivity contribution in [2.45, 2.75) is 6.92 Å². The van der Waals surface area contributed by atoms with Gasteiger partial charge in [0.1, 0.15) is 5.69 Å². The number of hydrogen-bond donors (Lipinski definition) is 2. The summed E-state index contributed by atoms with van der Waals surface area (Å²) >= 11 is 0. The lowest BCUT2D eigenvalue weighted by Crippen LogP contribution is -2.24. The van der Waals surface area contributed by atoms with Crippen LogP contribution in [0.4, 0.5) is 0 Å². The van der Waals surface area contributed by atoms with Crippen molar-refractivity contribution in [3.05, 3.63) is 29.6 Å². The van der Waals surface area contributed by atoms with Crippen molar-refractivity contribution in [3.63, 3.8) is 0 Å². The lowest BCUT2D eigenvalue weighted by molar-refractivity contribution is 0.0998. The van der Waals surface area contributed by atoms with E-state index in [-0.39, 0.29) is 11.7 Å². The molecule has 0 saturated heterocycles. The first-order chi connectivity index (χ1) is 6.09. The number of aryl methyl sites for hydroxylation is 1. The molecular formula is C8H10N4O. The number of hydrogen-bond acceptors (Lipinski definition) is 2. The SMILES string of the molecule is Cc1cccc(C(=O)N=C(N)N)n1. The molecule has 4 N–H and O–H groups in total. The van der Waals surface area contributed by atoms with Crippen LogP contribution in [0.1, 0.15) is 16.2 Å². The summed E-state index contributed by atoms with van der Waals surface area (Å²) < 4.78 is 0. The van der Waals surface area contributed by atoms with Crippen molar-refractivity contribution in [2.24, 2.45) is 16.5 Å². The number of rotatable bonds is 1. The second-order valence-corrected chi connectivity index (χ2v) is 2.51. The number of carbonyl (C=O) groups excluding carboxylic acids is 1. The maximum Gasteiger partial charge on any atom is 0.298 e. The second kappa shape index (κ2) is 3.66. The van der Waals surface area contributed by atoms with Crippen molar-refractivity contribution in [1.29, 1.82) is 0 Å². The Bertz CT molecular complexity index is 355. The molecule has 0 fully saturated rings. The van der Waals surface area contributed by atoms with Crippen LogP contribution in [0, 0.1) is 6.92 Å². The highest BCUT2D eigenvalue weighted by molar-refractivity contribution is 6.00. The van der Waals surface area contributed by atoms with Crippen LogP contribution in [0.3, 0.4) is 0 Å². The van der Waals surface area contributed by atoms with Crippen LogP contribution in [-0.4, -0.2) is 16.9 Å². The number of nitrogens with zero attached hydrogens (tertiary/aromatic N) is 2. The maximum atomic E-state index is 11.2. The Labute approximate surface area is 75.5 Å². The van der Waals surface area contributed by atoms with E-state index in [1.54, 1.807) is 25.1 Å². The average Bonchev–Trinajstić information content (AvgIpc) is 2.03. The molecule has 0 spiro atoms.